The number of aromatic amines is 1. The van der Waals surface area contributed by atoms with Crippen LogP contribution in [0, 0.1) is 6.92 Å². The number of H-pyrrole nitrogens is 1. The van der Waals surface area contributed by atoms with E-state index >= 15 is 0 Å². The highest BCUT2D eigenvalue weighted by atomic mass is 16.2. The average molecular weight is 260 g/mol. The van der Waals surface area contributed by atoms with Crippen LogP contribution >= 0.6 is 0 Å². The summed E-state index contributed by atoms with van der Waals surface area (Å²) in [5, 5.41) is 8.42. The lowest BCUT2D eigenvalue weighted by Crippen LogP contribution is -2.19. The zero-order chi connectivity index (χ0) is 13.8. The fourth-order valence-corrected chi connectivity index (χ4v) is 1.46. The lowest BCUT2D eigenvalue weighted by molar-refractivity contribution is 0.102. The second kappa shape index (κ2) is 5.27. The fraction of sp³-hybridized carbons (Fsp3) is 0.0909. The number of aromatic nitrogens is 3. The van der Waals surface area contributed by atoms with Gasteiger partial charge in [0.2, 0.25) is 0 Å². The third-order valence-electron chi connectivity index (χ3n) is 2.36. The number of hydrogen-bond acceptors (Lipinski definition) is 6. The number of rotatable bonds is 3. The standard InChI is InChI=1S/C11H12N6O2/c1-6-4-8(15-12)7(5-13-6)11(19)14-9-2-3-10(18)17-16-9/h2-5H,12H2,1H3,(H,13,15)(H,17,18)(H,14,16,19). The molecule has 5 N–H and O–H groups in total. The molecule has 2 aromatic heterocycles. The van der Waals surface area contributed by atoms with Crippen molar-refractivity contribution in [2.24, 2.45) is 5.84 Å². The van der Waals surface area contributed by atoms with Crippen LogP contribution < -0.4 is 22.1 Å². The van der Waals surface area contributed by atoms with Crippen LogP contribution in [0.5, 0.6) is 0 Å². The van der Waals surface area contributed by atoms with Gasteiger partial charge in [-0.3, -0.25) is 20.4 Å². The molecule has 19 heavy (non-hydrogen) atoms. The number of carbonyl (C=O) groups excluding carboxylic acids is 1. The van der Waals surface area contributed by atoms with Gasteiger partial charge in [-0.05, 0) is 19.1 Å². The molecule has 0 radical (unpaired) electrons. The first-order valence-corrected chi connectivity index (χ1v) is 5.40. The number of aryl methyl sites for hydroxylation is 1. The van der Waals surface area contributed by atoms with Gasteiger partial charge in [-0.2, -0.15) is 5.10 Å². The molecule has 98 valence electrons. The van der Waals surface area contributed by atoms with Crippen molar-refractivity contribution in [1.29, 1.82) is 0 Å². The van der Waals surface area contributed by atoms with E-state index in [0.29, 0.717) is 5.69 Å². The molecule has 0 aliphatic heterocycles. The fourth-order valence-electron chi connectivity index (χ4n) is 1.46. The second-order valence-corrected chi connectivity index (χ2v) is 3.78. The van der Waals surface area contributed by atoms with Crippen molar-refractivity contribution in [3.8, 4) is 0 Å². The summed E-state index contributed by atoms with van der Waals surface area (Å²) >= 11 is 0. The molecule has 0 aliphatic carbocycles. The van der Waals surface area contributed by atoms with Crippen molar-refractivity contribution >= 4 is 17.4 Å². The van der Waals surface area contributed by atoms with Crippen LogP contribution in [-0.4, -0.2) is 21.1 Å². The average Bonchev–Trinajstić information content (AvgIpc) is 2.41. The first-order valence-electron chi connectivity index (χ1n) is 5.40. The molecule has 0 spiro atoms. The van der Waals surface area contributed by atoms with E-state index in [1.165, 1.54) is 18.3 Å². The van der Waals surface area contributed by atoms with Crippen LogP contribution in [-0.2, 0) is 0 Å². The third kappa shape index (κ3) is 2.93. The molecule has 8 heteroatoms. The molecule has 2 heterocycles. The molecule has 2 aromatic rings. The van der Waals surface area contributed by atoms with Crippen LogP contribution in [0.1, 0.15) is 16.1 Å². The molecular weight excluding hydrogens is 248 g/mol. The summed E-state index contributed by atoms with van der Waals surface area (Å²) in [7, 11) is 0. The van der Waals surface area contributed by atoms with Crippen molar-refractivity contribution in [3.05, 3.63) is 46.0 Å². The first-order chi connectivity index (χ1) is 9.10. The smallest absolute Gasteiger partial charge is 0.264 e. The van der Waals surface area contributed by atoms with Crippen LogP contribution in [0.2, 0.25) is 0 Å². The number of amides is 1. The Morgan fingerprint density at radius 1 is 1.42 bits per heavy atom. The van der Waals surface area contributed by atoms with Crippen LogP contribution in [0.25, 0.3) is 0 Å². The highest BCUT2D eigenvalue weighted by Gasteiger charge is 2.12. The van der Waals surface area contributed by atoms with E-state index in [0.717, 1.165) is 5.69 Å². The third-order valence-corrected chi connectivity index (χ3v) is 2.36. The Kier molecular flexibility index (Phi) is 3.53. The van der Waals surface area contributed by atoms with E-state index in [9.17, 15) is 9.59 Å². The SMILES string of the molecule is Cc1cc(NN)c(C(=O)Nc2ccc(=O)[nH]n2)cn1. The molecule has 0 unspecified atom stereocenters. The van der Waals surface area contributed by atoms with Crippen LogP contribution in [0.3, 0.4) is 0 Å². The van der Waals surface area contributed by atoms with E-state index in [-0.39, 0.29) is 16.9 Å². The maximum atomic E-state index is 12.0. The summed E-state index contributed by atoms with van der Waals surface area (Å²) in [5.74, 6) is 5.15. The Bertz CT molecular complexity index is 646. The first kappa shape index (κ1) is 12.7. The van der Waals surface area contributed by atoms with Crippen LogP contribution in [0.4, 0.5) is 11.5 Å². The number of anilines is 2. The van der Waals surface area contributed by atoms with E-state index in [1.807, 2.05) is 0 Å². The van der Waals surface area contributed by atoms with Crippen molar-refractivity contribution in [2.45, 2.75) is 6.92 Å². The maximum absolute atomic E-state index is 12.0. The molecule has 0 aromatic carbocycles. The number of nitrogens with zero attached hydrogens (tertiary/aromatic N) is 2. The predicted octanol–water partition coefficient (Wildman–Crippen LogP) is 0.0112. The molecule has 0 saturated carbocycles. The molecule has 0 saturated heterocycles. The number of pyridine rings is 1. The van der Waals surface area contributed by atoms with Gasteiger partial charge in [-0.1, -0.05) is 0 Å². The topological polar surface area (TPSA) is 126 Å². The zero-order valence-electron chi connectivity index (χ0n) is 10.1. The van der Waals surface area contributed by atoms with E-state index in [1.54, 1.807) is 13.0 Å². The van der Waals surface area contributed by atoms with Gasteiger partial charge in [0, 0.05) is 18.0 Å². The summed E-state index contributed by atoms with van der Waals surface area (Å²) in [5.41, 5.74) is 3.55. The number of hydrazine groups is 1. The Labute approximate surface area is 108 Å². The van der Waals surface area contributed by atoms with Crippen molar-refractivity contribution in [1.82, 2.24) is 15.2 Å². The predicted molar refractivity (Wildman–Crippen MR) is 69.6 cm³/mol. The highest BCUT2D eigenvalue weighted by molar-refractivity contribution is 6.07. The molecule has 0 fully saturated rings. The summed E-state index contributed by atoms with van der Waals surface area (Å²) in [6.45, 7) is 1.78. The Morgan fingerprint density at radius 2 is 2.21 bits per heavy atom. The Hall–Kier alpha value is -2.74. The van der Waals surface area contributed by atoms with Gasteiger partial charge in [-0.15, -0.1) is 0 Å². The molecule has 1 amide bonds. The minimum atomic E-state index is -0.431. The molecular formula is C11H12N6O2. The van der Waals surface area contributed by atoms with Gasteiger partial charge in [0.1, 0.15) is 0 Å². The lowest BCUT2D eigenvalue weighted by Gasteiger charge is -2.09. The quantitative estimate of drug-likeness (QED) is 0.455. The van der Waals surface area contributed by atoms with Crippen LogP contribution in [0.15, 0.2) is 29.2 Å². The normalized spacial score (nSPS) is 10.0. The van der Waals surface area contributed by atoms with E-state index in [2.05, 4.69) is 25.9 Å². The summed E-state index contributed by atoms with van der Waals surface area (Å²) < 4.78 is 0. The summed E-state index contributed by atoms with van der Waals surface area (Å²) in [6, 6.07) is 4.31. The molecule has 8 nitrogen and oxygen atoms in total. The summed E-state index contributed by atoms with van der Waals surface area (Å²) in [4.78, 5) is 26.9. The zero-order valence-corrected chi connectivity index (χ0v) is 10.1. The van der Waals surface area contributed by atoms with Gasteiger partial charge in [0.05, 0.1) is 11.3 Å². The van der Waals surface area contributed by atoms with Crippen molar-refractivity contribution in [3.63, 3.8) is 0 Å². The van der Waals surface area contributed by atoms with Gasteiger partial charge in [0.25, 0.3) is 11.5 Å². The maximum Gasteiger partial charge on any atom is 0.264 e. The van der Waals surface area contributed by atoms with Crippen molar-refractivity contribution < 1.29 is 4.79 Å². The number of hydrogen-bond donors (Lipinski definition) is 4. The van der Waals surface area contributed by atoms with Gasteiger partial charge in [-0.25, -0.2) is 5.10 Å². The van der Waals surface area contributed by atoms with Gasteiger partial charge >= 0.3 is 0 Å². The number of nitrogens with two attached hydrogens (primary N) is 1. The minimum Gasteiger partial charge on any atom is -0.323 e. The van der Waals surface area contributed by atoms with Crippen molar-refractivity contribution in [2.75, 3.05) is 10.7 Å². The van der Waals surface area contributed by atoms with E-state index in [4.69, 9.17) is 5.84 Å². The van der Waals surface area contributed by atoms with Gasteiger partial charge in [0.15, 0.2) is 5.82 Å². The highest BCUT2D eigenvalue weighted by Crippen LogP contribution is 2.15. The number of nitrogens with one attached hydrogen (secondary N) is 3. The monoisotopic (exact) mass is 260 g/mol. The minimum absolute atomic E-state index is 0.230. The van der Waals surface area contributed by atoms with Gasteiger partial charge < -0.3 is 10.7 Å². The summed E-state index contributed by atoms with van der Waals surface area (Å²) in [6.07, 6.45) is 1.41. The molecule has 0 bridgehead atoms. The molecule has 0 aliphatic rings. The van der Waals surface area contributed by atoms with E-state index < -0.39 is 5.91 Å². The second-order valence-electron chi connectivity index (χ2n) is 3.78. The number of nitrogen functional groups attached to an aromatic ring is 1. The Balaban J connectivity index is 2.24. The lowest BCUT2D eigenvalue weighted by atomic mass is 10.2. The molecule has 2 rings (SSSR count). The largest absolute Gasteiger partial charge is 0.323 e. The Morgan fingerprint density at radius 3 is 2.84 bits per heavy atom. The molecule has 0 atom stereocenters. The number of carbonyl (C=O) groups is 1.